The Morgan fingerprint density at radius 2 is 2.00 bits per heavy atom. The van der Waals surface area contributed by atoms with Crippen molar-refractivity contribution in [1.29, 1.82) is 0 Å². The Bertz CT molecular complexity index is 331. The second-order valence-corrected chi connectivity index (χ2v) is 5.44. The van der Waals surface area contributed by atoms with Crippen LogP contribution in [-0.4, -0.2) is 48.7 Å². The van der Waals surface area contributed by atoms with E-state index in [2.05, 4.69) is 0 Å². The lowest BCUT2D eigenvalue weighted by molar-refractivity contribution is -0.141. The van der Waals surface area contributed by atoms with Crippen molar-refractivity contribution >= 4 is 11.9 Å². The third kappa shape index (κ3) is 2.83. The third-order valence-electron chi connectivity index (χ3n) is 4.13. The van der Waals surface area contributed by atoms with Gasteiger partial charge in [0.1, 0.15) is 0 Å². The summed E-state index contributed by atoms with van der Waals surface area (Å²) in [5.74, 6) is -0.569. The molecule has 102 valence electrons. The molecule has 0 spiro atoms. The number of rotatable bonds is 4. The Labute approximate surface area is 107 Å². The molecule has 2 aliphatic rings. The number of likely N-dealkylation sites (tertiary alicyclic amines) is 1. The Hall–Kier alpha value is -1.10. The van der Waals surface area contributed by atoms with Gasteiger partial charge in [-0.2, -0.15) is 0 Å². The maximum atomic E-state index is 12.3. The zero-order valence-electron chi connectivity index (χ0n) is 10.8. The van der Waals surface area contributed by atoms with Crippen LogP contribution in [0.5, 0.6) is 0 Å². The van der Waals surface area contributed by atoms with E-state index in [1.807, 2.05) is 4.90 Å². The molecular weight excluding hydrogens is 234 g/mol. The van der Waals surface area contributed by atoms with Crippen LogP contribution >= 0.6 is 0 Å². The van der Waals surface area contributed by atoms with Crippen molar-refractivity contribution in [3.05, 3.63) is 0 Å². The number of aliphatic carboxylic acids is 1. The van der Waals surface area contributed by atoms with Crippen LogP contribution in [0.3, 0.4) is 0 Å². The summed E-state index contributed by atoms with van der Waals surface area (Å²) in [4.78, 5) is 25.0. The summed E-state index contributed by atoms with van der Waals surface area (Å²) in [5.41, 5.74) is 0. The molecule has 1 heterocycles. The van der Waals surface area contributed by atoms with E-state index in [1.54, 1.807) is 7.11 Å². The van der Waals surface area contributed by atoms with Crippen molar-refractivity contribution in [1.82, 2.24) is 4.90 Å². The molecule has 1 aliphatic heterocycles. The van der Waals surface area contributed by atoms with Gasteiger partial charge in [0, 0.05) is 32.0 Å². The van der Waals surface area contributed by atoms with Gasteiger partial charge in [0.05, 0.1) is 12.5 Å². The summed E-state index contributed by atoms with van der Waals surface area (Å²) in [6, 6.07) is 0. The topological polar surface area (TPSA) is 66.8 Å². The lowest BCUT2D eigenvalue weighted by atomic mass is 10.0. The highest BCUT2D eigenvalue weighted by Crippen LogP contribution is 2.33. The number of carbonyl (C=O) groups excluding carboxylic acids is 1. The summed E-state index contributed by atoms with van der Waals surface area (Å²) in [5, 5.41) is 8.95. The zero-order chi connectivity index (χ0) is 13.1. The van der Waals surface area contributed by atoms with Crippen LogP contribution in [0.1, 0.15) is 25.7 Å². The van der Waals surface area contributed by atoms with Gasteiger partial charge < -0.3 is 14.7 Å². The van der Waals surface area contributed by atoms with E-state index < -0.39 is 5.97 Å². The van der Waals surface area contributed by atoms with Gasteiger partial charge in [-0.05, 0) is 25.7 Å². The number of ether oxygens (including phenoxy) is 1. The van der Waals surface area contributed by atoms with Gasteiger partial charge in [0.15, 0.2) is 0 Å². The first-order valence-electron chi connectivity index (χ1n) is 6.62. The zero-order valence-corrected chi connectivity index (χ0v) is 10.8. The van der Waals surface area contributed by atoms with Gasteiger partial charge in [-0.3, -0.25) is 9.59 Å². The molecule has 2 rings (SSSR count). The number of methoxy groups -OCH3 is 1. The maximum absolute atomic E-state index is 12.3. The van der Waals surface area contributed by atoms with Crippen LogP contribution in [0.25, 0.3) is 0 Å². The fourth-order valence-electron chi connectivity index (χ4n) is 3.09. The summed E-state index contributed by atoms with van der Waals surface area (Å²) in [7, 11) is 1.68. The van der Waals surface area contributed by atoms with E-state index in [9.17, 15) is 9.59 Å². The fourth-order valence-corrected chi connectivity index (χ4v) is 3.09. The smallest absolute Gasteiger partial charge is 0.306 e. The SMILES string of the molecule is COCC1CCN(C(=O)[C@@H]2CC[C@H](C(=O)O)C2)C1. The summed E-state index contributed by atoms with van der Waals surface area (Å²) in [6.07, 6.45) is 2.87. The molecule has 5 nitrogen and oxygen atoms in total. The molecule has 2 fully saturated rings. The molecule has 0 aromatic heterocycles. The molecule has 1 saturated carbocycles. The van der Waals surface area contributed by atoms with Gasteiger partial charge in [0.2, 0.25) is 5.91 Å². The number of hydrogen-bond donors (Lipinski definition) is 1. The van der Waals surface area contributed by atoms with E-state index in [-0.39, 0.29) is 17.7 Å². The maximum Gasteiger partial charge on any atom is 0.306 e. The summed E-state index contributed by atoms with van der Waals surface area (Å²) >= 11 is 0. The van der Waals surface area contributed by atoms with Crippen molar-refractivity contribution in [3.8, 4) is 0 Å². The number of hydrogen-bond acceptors (Lipinski definition) is 3. The quantitative estimate of drug-likeness (QED) is 0.813. The van der Waals surface area contributed by atoms with Crippen LogP contribution in [-0.2, 0) is 14.3 Å². The first kappa shape index (κ1) is 13.3. The standard InChI is InChI=1S/C13H21NO4/c1-18-8-9-4-5-14(7-9)12(15)10-2-3-11(6-10)13(16)17/h9-11H,2-8H2,1H3,(H,16,17)/t9?,10-,11+/m1/s1. The van der Waals surface area contributed by atoms with Crippen LogP contribution in [0.15, 0.2) is 0 Å². The number of carbonyl (C=O) groups is 2. The molecule has 0 radical (unpaired) electrons. The first-order valence-corrected chi connectivity index (χ1v) is 6.62. The van der Waals surface area contributed by atoms with Crippen LogP contribution in [0, 0.1) is 17.8 Å². The third-order valence-corrected chi connectivity index (χ3v) is 4.13. The van der Waals surface area contributed by atoms with Crippen molar-refractivity contribution in [3.63, 3.8) is 0 Å². The lowest BCUT2D eigenvalue weighted by Crippen LogP contribution is -2.34. The first-order chi connectivity index (χ1) is 8.61. The Morgan fingerprint density at radius 1 is 1.28 bits per heavy atom. The Kier molecular flexibility index (Phi) is 4.22. The van der Waals surface area contributed by atoms with Crippen LogP contribution in [0.4, 0.5) is 0 Å². The highest BCUT2D eigenvalue weighted by Gasteiger charge is 2.37. The van der Waals surface area contributed by atoms with Gasteiger partial charge in [-0.25, -0.2) is 0 Å². The van der Waals surface area contributed by atoms with E-state index in [4.69, 9.17) is 9.84 Å². The van der Waals surface area contributed by atoms with Crippen LogP contribution in [0.2, 0.25) is 0 Å². The molecule has 1 aliphatic carbocycles. The van der Waals surface area contributed by atoms with Crippen LogP contribution < -0.4 is 0 Å². The second-order valence-electron chi connectivity index (χ2n) is 5.44. The Morgan fingerprint density at radius 3 is 2.61 bits per heavy atom. The largest absolute Gasteiger partial charge is 0.481 e. The number of carboxylic acids is 1. The minimum Gasteiger partial charge on any atom is -0.481 e. The monoisotopic (exact) mass is 255 g/mol. The summed E-state index contributed by atoms with van der Waals surface area (Å²) in [6.45, 7) is 2.26. The molecule has 1 N–H and O–H groups in total. The number of nitrogens with zero attached hydrogens (tertiary/aromatic N) is 1. The number of amides is 1. The molecule has 18 heavy (non-hydrogen) atoms. The predicted octanol–water partition coefficient (Wildman–Crippen LogP) is 0.982. The summed E-state index contributed by atoms with van der Waals surface area (Å²) < 4.78 is 5.11. The molecule has 0 bridgehead atoms. The second kappa shape index (κ2) is 5.69. The van der Waals surface area contributed by atoms with Crippen molar-refractivity contribution in [2.45, 2.75) is 25.7 Å². The van der Waals surface area contributed by atoms with Gasteiger partial charge in [0.25, 0.3) is 0 Å². The van der Waals surface area contributed by atoms with E-state index in [0.29, 0.717) is 25.4 Å². The molecule has 5 heteroatoms. The average molecular weight is 255 g/mol. The fraction of sp³-hybridized carbons (Fsp3) is 0.846. The normalized spacial score (nSPS) is 31.8. The van der Waals surface area contributed by atoms with E-state index in [1.165, 1.54) is 0 Å². The Balaban J connectivity index is 1.84. The molecule has 1 unspecified atom stereocenters. The van der Waals surface area contributed by atoms with Crippen molar-refractivity contribution in [2.24, 2.45) is 17.8 Å². The highest BCUT2D eigenvalue weighted by atomic mass is 16.5. The molecule has 1 saturated heterocycles. The predicted molar refractivity (Wildman–Crippen MR) is 65.0 cm³/mol. The molecule has 1 amide bonds. The molecule has 3 atom stereocenters. The van der Waals surface area contributed by atoms with Gasteiger partial charge in [-0.1, -0.05) is 0 Å². The molecule has 0 aromatic rings. The minimum absolute atomic E-state index is 0.0765. The minimum atomic E-state index is -0.760. The van der Waals surface area contributed by atoms with Gasteiger partial charge >= 0.3 is 5.97 Å². The highest BCUT2D eigenvalue weighted by molar-refractivity contribution is 5.81. The van der Waals surface area contributed by atoms with E-state index in [0.717, 1.165) is 25.9 Å². The number of carboxylic acid groups (broad SMARTS) is 1. The van der Waals surface area contributed by atoms with Crippen molar-refractivity contribution < 1.29 is 19.4 Å². The van der Waals surface area contributed by atoms with Gasteiger partial charge in [-0.15, -0.1) is 0 Å². The molecular formula is C13H21NO4. The van der Waals surface area contributed by atoms with E-state index >= 15 is 0 Å². The average Bonchev–Trinajstić information content (AvgIpc) is 2.97. The van der Waals surface area contributed by atoms with Crippen molar-refractivity contribution in [2.75, 3.05) is 26.8 Å². The lowest BCUT2D eigenvalue weighted by Gasteiger charge is -2.20. The molecule has 0 aromatic carbocycles.